The average molecular weight is 513 g/mol. The van der Waals surface area contributed by atoms with Gasteiger partial charge in [-0.25, -0.2) is 4.79 Å². The summed E-state index contributed by atoms with van der Waals surface area (Å²) in [6.45, 7) is 8.11. The Morgan fingerprint density at radius 3 is 2.54 bits per heavy atom. The predicted molar refractivity (Wildman–Crippen MR) is 144 cm³/mol. The number of nitrogens with one attached hydrogen (secondary N) is 2. The second-order valence-corrected chi connectivity index (χ2v) is 10.7. The zero-order valence-corrected chi connectivity index (χ0v) is 22.0. The van der Waals surface area contributed by atoms with Crippen molar-refractivity contribution < 1.29 is 14.3 Å². The van der Waals surface area contributed by atoms with E-state index >= 15 is 0 Å². The number of rotatable bonds is 6. The molecule has 1 amide bonds. The number of fused-ring (bicyclic) bond motifs is 3. The van der Waals surface area contributed by atoms with E-state index in [4.69, 9.17) is 21.1 Å². The molecular weight excluding hydrogens is 484 g/mol. The highest BCUT2D eigenvalue weighted by Gasteiger charge is 2.20. The third-order valence-electron chi connectivity index (χ3n) is 5.90. The number of aromatic amines is 1. The SMILES string of the molecule is CCC(CNC(=O)OC(C)(C)C)c1ccc(-c2c(OC)cc(Cl)c3[nH]c(=O)c4sccc4c23)cc1. The molecule has 2 heterocycles. The lowest BCUT2D eigenvalue weighted by atomic mass is 9.92. The molecule has 35 heavy (non-hydrogen) atoms. The van der Waals surface area contributed by atoms with E-state index in [1.807, 2.05) is 44.4 Å². The van der Waals surface area contributed by atoms with Crippen LogP contribution in [0.2, 0.25) is 5.02 Å². The fourth-order valence-corrected chi connectivity index (χ4v) is 5.30. The van der Waals surface area contributed by atoms with Crippen LogP contribution in [0.25, 0.3) is 32.1 Å². The Hall–Kier alpha value is -3.03. The van der Waals surface area contributed by atoms with Crippen molar-refractivity contribution in [1.29, 1.82) is 0 Å². The Bertz CT molecular complexity index is 1430. The number of hydrogen-bond acceptors (Lipinski definition) is 5. The molecule has 2 aromatic heterocycles. The number of aromatic nitrogens is 1. The number of H-pyrrole nitrogens is 1. The number of alkyl carbamates (subject to hydrolysis) is 1. The van der Waals surface area contributed by atoms with Gasteiger partial charge in [0.05, 0.1) is 17.6 Å². The van der Waals surface area contributed by atoms with Gasteiger partial charge in [-0.1, -0.05) is 42.8 Å². The van der Waals surface area contributed by atoms with Crippen molar-refractivity contribution in [3.8, 4) is 16.9 Å². The average Bonchev–Trinajstić information content (AvgIpc) is 3.30. The number of carbonyl (C=O) groups excluding carboxylic acids is 1. The van der Waals surface area contributed by atoms with Crippen molar-refractivity contribution >= 4 is 50.0 Å². The highest BCUT2D eigenvalue weighted by molar-refractivity contribution is 7.17. The van der Waals surface area contributed by atoms with Crippen LogP contribution in [0.15, 0.2) is 46.6 Å². The number of benzene rings is 2. The lowest BCUT2D eigenvalue weighted by molar-refractivity contribution is 0.0524. The van der Waals surface area contributed by atoms with Crippen LogP contribution >= 0.6 is 22.9 Å². The first kappa shape index (κ1) is 25.1. The summed E-state index contributed by atoms with van der Waals surface area (Å²) in [5.74, 6) is 0.772. The summed E-state index contributed by atoms with van der Waals surface area (Å²) in [5, 5.41) is 6.92. The van der Waals surface area contributed by atoms with Crippen molar-refractivity contribution in [2.75, 3.05) is 13.7 Å². The van der Waals surface area contributed by atoms with Crippen LogP contribution in [-0.2, 0) is 4.74 Å². The van der Waals surface area contributed by atoms with E-state index in [0.717, 1.165) is 33.9 Å². The van der Waals surface area contributed by atoms with Crippen molar-refractivity contribution in [2.45, 2.75) is 45.6 Å². The maximum atomic E-state index is 12.6. The van der Waals surface area contributed by atoms with Gasteiger partial charge in [0.15, 0.2) is 0 Å². The molecule has 0 radical (unpaired) electrons. The van der Waals surface area contributed by atoms with Crippen molar-refractivity contribution in [3.63, 3.8) is 0 Å². The Kier molecular flexibility index (Phi) is 7.10. The maximum absolute atomic E-state index is 12.6. The van der Waals surface area contributed by atoms with Crippen molar-refractivity contribution in [2.24, 2.45) is 0 Å². The molecule has 0 aliphatic rings. The predicted octanol–water partition coefficient (Wildman–Crippen LogP) is 7.09. The fourth-order valence-electron chi connectivity index (χ4n) is 4.26. The minimum atomic E-state index is -0.536. The fraction of sp³-hybridized carbons (Fsp3) is 0.333. The van der Waals surface area contributed by atoms with E-state index in [1.54, 1.807) is 13.2 Å². The van der Waals surface area contributed by atoms with E-state index in [9.17, 15) is 9.59 Å². The normalized spacial score (nSPS) is 12.6. The maximum Gasteiger partial charge on any atom is 0.407 e. The summed E-state index contributed by atoms with van der Waals surface area (Å²) in [6.07, 6.45) is 0.442. The van der Waals surface area contributed by atoms with Gasteiger partial charge in [-0.3, -0.25) is 4.79 Å². The number of halogens is 1. The van der Waals surface area contributed by atoms with Gasteiger partial charge in [0.2, 0.25) is 0 Å². The van der Waals surface area contributed by atoms with Crippen molar-refractivity contribution in [3.05, 3.63) is 62.7 Å². The lowest BCUT2D eigenvalue weighted by Crippen LogP contribution is -2.34. The Morgan fingerprint density at radius 2 is 1.91 bits per heavy atom. The van der Waals surface area contributed by atoms with Gasteiger partial charge in [0, 0.05) is 34.9 Å². The van der Waals surface area contributed by atoms with Gasteiger partial charge in [0.25, 0.3) is 5.56 Å². The largest absolute Gasteiger partial charge is 0.496 e. The zero-order chi connectivity index (χ0) is 25.3. The zero-order valence-electron chi connectivity index (χ0n) is 20.5. The summed E-state index contributed by atoms with van der Waals surface area (Å²) in [7, 11) is 1.61. The first-order valence-corrected chi connectivity index (χ1v) is 12.8. The van der Waals surface area contributed by atoms with Gasteiger partial charge >= 0.3 is 6.09 Å². The van der Waals surface area contributed by atoms with E-state index in [1.165, 1.54) is 11.3 Å². The van der Waals surface area contributed by atoms with Crippen LogP contribution in [0.5, 0.6) is 5.75 Å². The van der Waals surface area contributed by atoms with Crippen LogP contribution in [0.3, 0.4) is 0 Å². The van der Waals surface area contributed by atoms with Gasteiger partial charge in [-0.15, -0.1) is 11.3 Å². The van der Waals surface area contributed by atoms with Crippen LogP contribution in [0, 0.1) is 0 Å². The molecule has 0 aliphatic heterocycles. The molecule has 8 heteroatoms. The molecule has 0 saturated carbocycles. The molecule has 0 aliphatic carbocycles. The Morgan fingerprint density at radius 1 is 1.20 bits per heavy atom. The highest BCUT2D eigenvalue weighted by atomic mass is 35.5. The molecule has 1 atom stereocenters. The smallest absolute Gasteiger partial charge is 0.407 e. The molecule has 0 fully saturated rings. The summed E-state index contributed by atoms with van der Waals surface area (Å²) in [4.78, 5) is 27.6. The summed E-state index contributed by atoms with van der Waals surface area (Å²) < 4.78 is 11.7. The molecular formula is C27H29ClN2O4S. The molecule has 184 valence electrons. The van der Waals surface area contributed by atoms with E-state index in [0.29, 0.717) is 27.5 Å². The lowest BCUT2D eigenvalue weighted by Gasteiger charge is -2.22. The number of pyridine rings is 1. The summed E-state index contributed by atoms with van der Waals surface area (Å²) >= 11 is 7.93. The van der Waals surface area contributed by atoms with Gasteiger partial charge in [0.1, 0.15) is 16.1 Å². The first-order chi connectivity index (χ1) is 16.6. The number of hydrogen-bond donors (Lipinski definition) is 2. The quantitative estimate of drug-likeness (QED) is 0.289. The van der Waals surface area contributed by atoms with E-state index < -0.39 is 11.7 Å². The third-order valence-corrected chi connectivity index (χ3v) is 7.11. The summed E-state index contributed by atoms with van der Waals surface area (Å²) in [5.41, 5.74) is 2.83. The molecule has 4 aromatic rings. The minimum Gasteiger partial charge on any atom is -0.496 e. The van der Waals surface area contributed by atoms with Crippen LogP contribution in [0.1, 0.15) is 45.6 Å². The minimum absolute atomic E-state index is 0.139. The molecule has 2 aromatic carbocycles. The molecule has 0 saturated heterocycles. The third kappa shape index (κ3) is 5.16. The van der Waals surface area contributed by atoms with Crippen LogP contribution < -0.4 is 15.6 Å². The molecule has 6 nitrogen and oxygen atoms in total. The molecule has 0 bridgehead atoms. The monoisotopic (exact) mass is 512 g/mol. The van der Waals surface area contributed by atoms with E-state index in [-0.39, 0.29) is 11.5 Å². The van der Waals surface area contributed by atoms with Gasteiger partial charge in [-0.05, 0) is 49.8 Å². The standard InChI is InChI=1S/C27H29ClN2O4S/c1-6-15(14-29-26(32)34-27(2,3)4)16-7-9-17(10-8-16)21-20(33-5)13-19(28)23-22(21)18-11-12-35-24(18)25(31)30-23/h7-13,15H,6,14H2,1-5H3,(H,29,32)(H,30,31). The second kappa shape index (κ2) is 9.91. The van der Waals surface area contributed by atoms with Crippen LogP contribution in [-0.4, -0.2) is 30.3 Å². The van der Waals surface area contributed by atoms with Crippen molar-refractivity contribution in [1.82, 2.24) is 10.3 Å². The molecule has 0 spiro atoms. The van der Waals surface area contributed by atoms with E-state index in [2.05, 4.69) is 29.4 Å². The highest BCUT2D eigenvalue weighted by Crippen LogP contribution is 2.43. The second-order valence-electron chi connectivity index (χ2n) is 9.41. The molecule has 2 N–H and O–H groups in total. The number of methoxy groups -OCH3 is 1. The van der Waals surface area contributed by atoms with Crippen LogP contribution in [0.4, 0.5) is 4.79 Å². The topological polar surface area (TPSA) is 80.4 Å². The number of carbonyl (C=O) groups is 1. The van der Waals surface area contributed by atoms with Gasteiger partial charge < -0.3 is 19.8 Å². The number of amides is 1. The molecule has 4 rings (SSSR count). The van der Waals surface area contributed by atoms with Gasteiger partial charge in [-0.2, -0.15) is 0 Å². The molecule has 1 unspecified atom stereocenters. The number of ether oxygens (including phenoxy) is 2. The Balaban J connectivity index is 1.72. The summed E-state index contributed by atoms with van der Waals surface area (Å²) in [6, 6.07) is 11.9. The Labute approximate surface area is 213 Å². The number of thiophene rings is 1. The first-order valence-electron chi connectivity index (χ1n) is 11.5.